The number of rotatable bonds is 7. The van der Waals surface area contributed by atoms with E-state index in [-0.39, 0.29) is 24.7 Å². The normalized spacial score (nSPS) is 10.8. The number of hydrogen-bond donors (Lipinski definition) is 2. The van der Waals surface area contributed by atoms with Crippen molar-refractivity contribution in [3.05, 3.63) is 83.3 Å². The Morgan fingerprint density at radius 1 is 0.931 bits per heavy atom. The third-order valence-electron chi connectivity index (χ3n) is 4.23. The molecule has 146 valence electrons. The first kappa shape index (κ1) is 18.8. The van der Waals surface area contributed by atoms with Crippen molar-refractivity contribution >= 4 is 33.9 Å². The Morgan fingerprint density at radius 3 is 2.59 bits per heavy atom. The molecule has 0 fully saturated rings. The number of thiazole rings is 1. The summed E-state index contributed by atoms with van der Waals surface area (Å²) in [4.78, 5) is 33.1. The molecule has 4 rings (SSSR count). The lowest BCUT2D eigenvalue weighted by Crippen LogP contribution is -2.24. The second-order valence-corrected chi connectivity index (χ2v) is 7.36. The predicted molar refractivity (Wildman–Crippen MR) is 112 cm³/mol. The number of nitrogens with zero attached hydrogens (tertiary/aromatic N) is 3. The van der Waals surface area contributed by atoms with Gasteiger partial charge in [-0.15, -0.1) is 11.3 Å². The molecular weight excluding hydrogens is 386 g/mol. The van der Waals surface area contributed by atoms with Crippen LogP contribution >= 0.6 is 11.3 Å². The molecule has 0 aliphatic heterocycles. The highest BCUT2D eigenvalue weighted by atomic mass is 32.1. The highest BCUT2D eigenvalue weighted by Crippen LogP contribution is 2.16. The van der Waals surface area contributed by atoms with E-state index in [1.807, 2.05) is 65.3 Å². The first-order valence-corrected chi connectivity index (χ1v) is 10.0. The zero-order valence-electron chi connectivity index (χ0n) is 15.5. The van der Waals surface area contributed by atoms with Gasteiger partial charge in [-0.2, -0.15) is 0 Å². The van der Waals surface area contributed by atoms with E-state index in [1.165, 1.54) is 11.3 Å². The fraction of sp³-hybridized carbons (Fsp3) is 0.143. The van der Waals surface area contributed by atoms with Crippen molar-refractivity contribution < 1.29 is 9.59 Å². The largest absolute Gasteiger partial charge is 0.350 e. The van der Waals surface area contributed by atoms with E-state index in [2.05, 4.69) is 20.6 Å². The van der Waals surface area contributed by atoms with Gasteiger partial charge < -0.3 is 15.0 Å². The van der Waals surface area contributed by atoms with Crippen LogP contribution in [0.4, 0.5) is 5.13 Å². The topological polar surface area (TPSA) is 88.4 Å². The van der Waals surface area contributed by atoms with E-state index < -0.39 is 0 Å². The van der Waals surface area contributed by atoms with Crippen molar-refractivity contribution in [2.45, 2.75) is 19.4 Å². The van der Waals surface area contributed by atoms with Crippen molar-refractivity contribution in [1.82, 2.24) is 19.7 Å². The van der Waals surface area contributed by atoms with Crippen LogP contribution in [0.2, 0.25) is 0 Å². The van der Waals surface area contributed by atoms with Crippen LogP contribution in [0.3, 0.4) is 0 Å². The predicted octanol–water partition coefficient (Wildman–Crippen LogP) is 2.83. The van der Waals surface area contributed by atoms with Crippen molar-refractivity contribution in [1.29, 1.82) is 0 Å². The second-order valence-electron chi connectivity index (χ2n) is 6.51. The summed E-state index contributed by atoms with van der Waals surface area (Å²) >= 11 is 1.31. The van der Waals surface area contributed by atoms with E-state index in [1.54, 1.807) is 5.38 Å². The van der Waals surface area contributed by atoms with Crippen LogP contribution in [0, 0.1) is 0 Å². The van der Waals surface area contributed by atoms with Crippen LogP contribution < -0.4 is 10.6 Å². The van der Waals surface area contributed by atoms with Gasteiger partial charge in [0.1, 0.15) is 5.65 Å². The minimum absolute atomic E-state index is 0.131. The first-order chi connectivity index (χ1) is 14.2. The molecule has 0 saturated carbocycles. The van der Waals surface area contributed by atoms with E-state index >= 15 is 0 Å². The Labute approximate surface area is 171 Å². The Balaban J connectivity index is 1.27. The maximum Gasteiger partial charge on any atom is 0.230 e. The standard InChI is InChI=1S/C21H19N5O2S/c27-19(22-12-17-13-26-9-5-4-8-18(26)23-17)11-16-14-29-21(24-16)25-20(28)10-15-6-2-1-3-7-15/h1-9,13-14H,10-12H2,(H,22,27)(H,24,25,28). The third kappa shape index (κ3) is 5.05. The van der Waals surface area contributed by atoms with Gasteiger partial charge in [-0.1, -0.05) is 36.4 Å². The van der Waals surface area contributed by atoms with Crippen molar-refractivity contribution in [2.24, 2.45) is 0 Å². The lowest BCUT2D eigenvalue weighted by molar-refractivity contribution is -0.120. The second kappa shape index (κ2) is 8.66. The molecule has 3 aromatic heterocycles. The highest BCUT2D eigenvalue weighted by Gasteiger charge is 2.11. The highest BCUT2D eigenvalue weighted by molar-refractivity contribution is 7.13. The molecule has 0 unspecified atom stereocenters. The molecule has 0 saturated heterocycles. The summed E-state index contributed by atoms with van der Waals surface area (Å²) in [6, 6.07) is 15.3. The van der Waals surface area contributed by atoms with Crippen LogP contribution in [0.15, 0.2) is 66.3 Å². The number of benzene rings is 1. The van der Waals surface area contributed by atoms with Gasteiger partial charge in [0.05, 0.1) is 30.8 Å². The van der Waals surface area contributed by atoms with Gasteiger partial charge in [-0.25, -0.2) is 9.97 Å². The van der Waals surface area contributed by atoms with Gasteiger partial charge in [0, 0.05) is 17.8 Å². The molecule has 7 nitrogen and oxygen atoms in total. The van der Waals surface area contributed by atoms with Crippen LogP contribution in [0.25, 0.3) is 5.65 Å². The Hall–Kier alpha value is -3.52. The molecule has 2 N–H and O–H groups in total. The number of amides is 2. The Bertz CT molecular complexity index is 1100. The summed E-state index contributed by atoms with van der Waals surface area (Å²) in [5.74, 6) is -0.275. The van der Waals surface area contributed by atoms with Gasteiger partial charge in [0.15, 0.2) is 5.13 Å². The maximum absolute atomic E-state index is 12.2. The van der Waals surface area contributed by atoms with Crippen LogP contribution in [-0.2, 0) is 29.0 Å². The molecule has 3 heterocycles. The number of nitrogens with one attached hydrogen (secondary N) is 2. The lowest BCUT2D eigenvalue weighted by Gasteiger charge is -2.02. The summed E-state index contributed by atoms with van der Waals surface area (Å²) < 4.78 is 1.91. The number of imidazole rings is 1. The van der Waals surface area contributed by atoms with Gasteiger partial charge in [0.25, 0.3) is 0 Å². The molecule has 0 radical (unpaired) electrons. The number of aromatic nitrogens is 3. The molecule has 0 bridgehead atoms. The van der Waals surface area contributed by atoms with Gasteiger partial charge in [0.2, 0.25) is 11.8 Å². The van der Waals surface area contributed by atoms with E-state index in [9.17, 15) is 9.59 Å². The molecular formula is C21H19N5O2S. The number of anilines is 1. The SMILES string of the molecule is O=C(Cc1csc(NC(=O)Cc2ccccc2)n1)NCc1cn2ccccc2n1. The molecule has 0 spiro atoms. The van der Waals surface area contributed by atoms with Gasteiger partial charge >= 0.3 is 0 Å². The number of carbonyl (C=O) groups excluding carboxylic acids is 2. The summed E-state index contributed by atoms with van der Waals surface area (Å²) in [5, 5.41) is 7.91. The number of hydrogen-bond acceptors (Lipinski definition) is 5. The molecule has 0 atom stereocenters. The van der Waals surface area contributed by atoms with E-state index in [4.69, 9.17) is 0 Å². The minimum atomic E-state index is -0.144. The van der Waals surface area contributed by atoms with Crippen molar-refractivity contribution in [2.75, 3.05) is 5.32 Å². The van der Waals surface area contributed by atoms with Crippen LogP contribution in [-0.4, -0.2) is 26.2 Å². The summed E-state index contributed by atoms with van der Waals surface area (Å²) in [5.41, 5.74) is 3.19. The average molecular weight is 405 g/mol. The number of fused-ring (bicyclic) bond motifs is 1. The summed E-state index contributed by atoms with van der Waals surface area (Å²) in [6.45, 7) is 0.352. The molecule has 0 aliphatic rings. The average Bonchev–Trinajstić information content (AvgIpc) is 3.33. The van der Waals surface area contributed by atoms with Crippen LogP contribution in [0.5, 0.6) is 0 Å². The molecule has 0 aliphatic carbocycles. The maximum atomic E-state index is 12.2. The minimum Gasteiger partial charge on any atom is -0.350 e. The Morgan fingerprint density at radius 2 is 1.76 bits per heavy atom. The number of carbonyl (C=O) groups is 2. The van der Waals surface area contributed by atoms with Crippen molar-refractivity contribution in [3.63, 3.8) is 0 Å². The fourth-order valence-electron chi connectivity index (χ4n) is 2.88. The monoisotopic (exact) mass is 405 g/mol. The molecule has 2 amide bonds. The lowest BCUT2D eigenvalue weighted by atomic mass is 10.1. The van der Waals surface area contributed by atoms with E-state index in [0.29, 0.717) is 17.4 Å². The van der Waals surface area contributed by atoms with Crippen molar-refractivity contribution in [3.8, 4) is 0 Å². The zero-order valence-corrected chi connectivity index (χ0v) is 16.4. The molecule has 29 heavy (non-hydrogen) atoms. The van der Waals surface area contributed by atoms with Gasteiger partial charge in [-0.3, -0.25) is 9.59 Å². The van der Waals surface area contributed by atoms with E-state index in [0.717, 1.165) is 16.9 Å². The quantitative estimate of drug-likeness (QED) is 0.495. The number of pyridine rings is 1. The summed E-state index contributed by atoms with van der Waals surface area (Å²) in [6.07, 6.45) is 4.24. The third-order valence-corrected chi connectivity index (χ3v) is 5.03. The molecule has 4 aromatic rings. The molecule has 1 aromatic carbocycles. The first-order valence-electron chi connectivity index (χ1n) is 9.13. The fourth-order valence-corrected chi connectivity index (χ4v) is 3.61. The Kier molecular flexibility index (Phi) is 5.62. The summed E-state index contributed by atoms with van der Waals surface area (Å²) in [7, 11) is 0. The smallest absolute Gasteiger partial charge is 0.230 e. The zero-order chi connectivity index (χ0) is 20.1. The molecule has 8 heteroatoms. The van der Waals surface area contributed by atoms with Gasteiger partial charge in [-0.05, 0) is 17.7 Å². The van der Waals surface area contributed by atoms with Crippen LogP contribution in [0.1, 0.15) is 17.0 Å².